The summed E-state index contributed by atoms with van der Waals surface area (Å²) in [5, 5.41) is 0.458. The number of ketones is 1. The Hall–Kier alpha value is -1.39. The van der Waals surface area contributed by atoms with Crippen molar-refractivity contribution in [3.8, 4) is 0 Å². The van der Waals surface area contributed by atoms with E-state index in [1.54, 1.807) is 17.0 Å². The van der Waals surface area contributed by atoms with Gasteiger partial charge in [-0.2, -0.15) is 0 Å². The van der Waals surface area contributed by atoms with E-state index >= 15 is 0 Å². The molecule has 0 saturated carbocycles. The molecule has 0 amide bonds. The average molecular weight is 284 g/mol. The maximum absolute atomic E-state index is 12.3. The molecule has 0 N–H and O–H groups in total. The maximum atomic E-state index is 12.3. The van der Waals surface area contributed by atoms with Crippen LogP contribution in [-0.4, -0.2) is 20.3 Å². The van der Waals surface area contributed by atoms with E-state index in [4.69, 9.17) is 23.2 Å². The van der Waals surface area contributed by atoms with Gasteiger partial charge in [-0.3, -0.25) is 9.78 Å². The number of hydrogen-bond acceptors (Lipinski definition) is 3. The van der Waals surface area contributed by atoms with E-state index in [-0.39, 0.29) is 22.5 Å². The van der Waals surface area contributed by atoms with Crippen molar-refractivity contribution in [2.24, 2.45) is 0 Å². The molecule has 0 bridgehead atoms. The summed E-state index contributed by atoms with van der Waals surface area (Å²) in [6, 6.07) is 1.67. The molecule has 0 fully saturated rings. The van der Waals surface area contributed by atoms with Gasteiger partial charge in [-0.25, -0.2) is 4.98 Å². The fourth-order valence-electron chi connectivity index (χ4n) is 1.59. The van der Waals surface area contributed by atoms with Crippen molar-refractivity contribution in [1.82, 2.24) is 14.5 Å². The van der Waals surface area contributed by atoms with Gasteiger partial charge in [0.15, 0.2) is 5.82 Å². The second kappa shape index (κ2) is 5.08. The summed E-state index contributed by atoms with van der Waals surface area (Å²) in [4.78, 5) is 20.3. The summed E-state index contributed by atoms with van der Waals surface area (Å²) in [7, 11) is 0. The Labute approximate surface area is 115 Å². The zero-order valence-corrected chi connectivity index (χ0v) is 11.4. The lowest BCUT2D eigenvalue weighted by atomic mass is 10.2. The summed E-state index contributed by atoms with van der Waals surface area (Å²) in [5.74, 6) is -0.0251. The molecule has 6 heteroatoms. The highest BCUT2D eigenvalue weighted by Crippen LogP contribution is 2.25. The predicted molar refractivity (Wildman–Crippen MR) is 70.3 cm³/mol. The molecule has 4 nitrogen and oxygen atoms in total. The minimum absolute atomic E-state index is 0.122. The van der Waals surface area contributed by atoms with E-state index in [2.05, 4.69) is 9.97 Å². The number of rotatable bonds is 3. The third-order valence-corrected chi connectivity index (χ3v) is 3.28. The van der Waals surface area contributed by atoms with Gasteiger partial charge in [0.2, 0.25) is 5.78 Å². The van der Waals surface area contributed by atoms with Crippen LogP contribution in [0.15, 0.2) is 24.7 Å². The molecule has 0 atom stereocenters. The van der Waals surface area contributed by atoms with Crippen LogP contribution < -0.4 is 0 Å². The fourth-order valence-corrected chi connectivity index (χ4v) is 1.93. The molecule has 0 spiro atoms. The molecule has 0 aromatic carbocycles. The normalized spacial score (nSPS) is 10.9. The first kappa shape index (κ1) is 13.1. The molecule has 2 aromatic heterocycles. The van der Waals surface area contributed by atoms with Gasteiger partial charge in [-0.05, 0) is 19.9 Å². The number of imidazole rings is 1. The molecule has 0 saturated heterocycles. The minimum atomic E-state index is -0.332. The number of aromatic nitrogens is 3. The number of nitrogens with zero attached hydrogens (tertiary/aromatic N) is 3. The van der Waals surface area contributed by atoms with Gasteiger partial charge in [0, 0.05) is 24.6 Å². The van der Waals surface area contributed by atoms with Crippen LogP contribution in [0.4, 0.5) is 0 Å². The van der Waals surface area contributed by atoms with Gasteiger partial charge in [0.25, 0.3) is 0 Å². The van der Waals surface area contributed by atoms with Crippen LogP contribution in [0.25, 0.3) is 0 Å². The Kier molecular flexibility index (Phi) is 3.68. The minimum Gasteiger partial charge on any atom is -0.326 e. The molecule has 2 aromatic rings. The number of halogens is 2. The molecule has 94 valence electrons. The van der Waals surface area contributed by atoms with Crippen molar-refractivity contribution < 1.29 is 4.79 Å². The van der Waals surface area contributed by atoms with Crippen molar-refractivity contribution in [2.45, 2.75) is 19.9 Å². The Morgan fingerprint density at radius 3 is 2.67 bits per heavy atom. The molecular weight excluding hydrogens is 273 g/mol. The first-order valence-corrected chi connectivity index (χ1v) is 6.15. The highest BCUT2D eigenvalue weighted by Gasteiger charge is 2.21. The van der Waals surface area contributed by atoms with Crippen LogP contribution in [0, 0.1) is 0 Å². The predicted octanol–water partition coefficient (Wildman–Crippen LogP) is 3.40. The molecule has 18 heavy (non-hydrogen) atoms. The standard InChI is InChI=1S/C12H11Cl2N3O/c1-7(2)17-6-5-16-12(17)11(18)10-9(14)8(13)3-4-15-10/h3-7H,1-2H3. The topological polar surface area (TPSA) is 47.8 Å². The molecular formula is C12H11Cl2N3O. The van der Waals surface area contributed by atoms with Crippen LogP contribution >= 0.6 is 23.2 Å². The third-order valence-electron chi connectivity index (χ3n) is 2.49. The SMILES string of the molecule is CC(C)n1ccnc1C(=O)c1nccc(Cl)c1Cl. The zero-order valence-electron chi connectivity index (χ0n) is 9.89. The van der Waals surface area contributed by atoms with Gasteiger partial charge < -0.3 is 4.57 Å². The molecule has 0 unspecified atom stereocenters. The summed E-state index contributed by atoms with van der Waals surface area (Å²) >= 11 is 11.9. The van der Waals surface area contributed by atoms with Crippen LogP contribution in [0.2, 0.25) is 10.0 Å². The lowest BCUT2D eigenvalue weighted by Gasteiger charge is -2.10. The summed E-state index contributed by atoms with van der Waals surface area (Å²) in [6.45, 7) is 3.93. The van der Waals surface area contributed by atoms with Gasteiger partial charge in [-0.15, -0.1) is 0 Å². The summed E-state index contributed by atoms with van der Waals surface area (Å²) in [6.07, 6.45) is 4.77. The number of carbonyl (C=O) groups is 1. The van der Waals surface area contributed by atoms with E-state index in [9.17, 15) is 4.79 Å². The summed E-state index contributed by atoms with van der Waals surface area (Å²) in [5.41, 5.74) is 0.122. The molecule has 2 heterocycles. The van der Waals surface area contributed by atoms with Crippen molar-refractivity contribution in [3.05, 3.63) is 46.2 Å². The maximum Gasteiger partial charge on any atom is 0.248 e. The first-order chi connectivity index (χ1) is 8.52. The van der Waals surface area contributed by atoms with Crippen molar-refractivity contribution >= 4 is 29.0 Å². The zero-order chi connectivity index (χ0) is 13.3. The number of carbonyl (C=O) groups excluding carboxylic acids is 1. The highest BCUT2D eigenvalue weighted by atomic mass is 35.5. The van der Waals surface area contributed by atoms with E-state index in [0.717, 1.165) is 0 Å². The van der Waals surface area contributed by atoms with Gasteiger partial charge in [0.1, 0.15) is 5.69 Å². The lowest BCUT2D eigenvalue weighted by molar-refractivity contribution is 0.101. The highest BCUT2D eigenvalue weighted by molar-refractivity contribution is 6.44. The largest absolute Gasteiger partial charge is 0.326 e. The molecule has 0 aliphatic carbocycles. The second-order valence-electron chi connectivity index (χ2n) is 4.04. The quantitative estimate of drug-likeness (QED) is 0.811. The van der Waals surface area contributed by atoms with Crippen molar-refractivity contribution in [3.63, 3.8) is 0 Å². The van der Waals surface area contributed by atoms with Crippen LogP contribution in [0.1, 0.15) is 36.2 Å². The molecule has 0 aliphatic heterocycles. The molecule has 0 aliphatic rings. The van der Waals surface area contributed by atoms with E-state index in [1.807, 2.05) is 13.8 Å². The Bertz CT molecular complexity index is 593. The van der Waals surface area contributed by atoms with E-state index in [1.165, 1.54) is 12.3 Å². The average Bonchev–Trinajstić information content (AvgIpc) is 2.81. The smallest absolute Gasteiger partial charge is 0.248 e. The first-order valence-electron chi connectivity index (χ1n) is 5.40. The second-order valence-corrected chi connectivity index (χ2v) is 4.82. The van der Waals surface area contributed by atoms with Crippen LogP contribution in [0.3, 0.4) is 0 Å². The summed E-state index contributed by atoms with van der Waals surface area (Å²) < 4.78 is 1.77. The Morgan fingerprint density at radius 1 is 1.28 bits per heavy atom. The van der Waals surface area contributed by atoms with Crippen molar-refractivity contribution in [1.29, 1.82) is 0 Å². The van der Waals surface area contributed by atoms with Gasteiger partial charge >= 0.3 is 0 Å². The van der Waals surface area contributed by atoms with Crippen LogP contribution in [0.5, 0.6) is 0 Å². The Balaban J connectivity index is 2.49. The van der Waals surface area contributed by atoms with E-state index in [0.29, 0.717) is 10.8 Å². The third kappa shape index (κ3) is 2.26. The molecule has 0 radical (unpaired) electrons. The number of hydrogen-bond donors (Lipinski definition) is 0. The van der Waals surface area contributed by atoms with Gasteiger partial charge in [-0.1, -0.05) is 23.2 Å². The molecule has 2 rings (SSSR count). The Morgan fingerprint density at radius 2 is 2.00 bits per heavy atom. The van der Waals surface area contributed by atoms with Crippen molar-refractivity contribution in [2.75, 3.05) is 0 Å². The monoisotopic (exact) mass is 283 g/mol. The number of pyridine rings is 1. The van der Waals surface area contributed by atoms with Crippen LogP contribution in [-0.2, 0) is 0 Å². The van der Waals surface area contributed by atoms with E-state index < -0.39 is 0 Å². The fraction of sp³-hybridized carbons (Fsp3) is 0.250. The van der Waals surface area contributed by atoms with Gasteiger partial charge in [0.05, 0.1) is 10.0 Å². The lowest BCUT2D eigenvalue weighted by Crippen LogP contribution is -2.14.